The van der Waals surface area contributed by atoms with Crippen LogP contribution in [0, 0.1) is 30.1 Å². The van der Waals surface area contributed by atoms with Gasteiger partial charge in [-0.1, -0.05) is 121 Å². The quantitative estimate of drug-likeness (QED) is 0.392. The van der Waals surface area contributed by atoms with Crippen LogP contribution in [-0.2, 0) is 0 Å². The van der Waals surface area contributed by atoms with E-state index in [9.17, 15) is 0 Å². The van der Waals surface area contributed by atoms with Gasteiger partial charge in [-0.3, -0.25) is 0 Å². The predicted octanol–water partition coefficient (Wildman–Crippen LogP) is 10.3. The van der Waals surface area contributed by atoms with Gasteiger partial charge in [0.05, 0.1) is 0 Å². The van der Waals surface area contributed by atoms with Crippen molar-refractivity contribution in [1.29, 1.82) is 0 Å². The van der Waals surface area contributed by atoms with E-state index in [0.29, 0.717) is 16.2 Å². The van der Waals surface area contributed by atoms with Gasteiger partial charge in [-0.2, -0.15) is 0 Å². The maximum Gasteiger partial charge on any atom is -0.0334 e. The Bertz CT molecular complexity index is 399. The van der Waals surface area contributed by atoms with Crippen LogP contribution in [-0.4, -0.2) is 0 Å². The van der Waals surface area contributed by atoms with Crippen molar-refractivity contribution < 1.29 is 0 Å². The summed E-state index contributed by atoms with van der Waals surface area (Å²) in [7, 11) is 0. The standard InChI is InChI=1S/C8H10.C8H18.C5H12.C4H8.2CH4/c1-7-5-3-4-6-8(7)2;1-7(2,3)8(4,5)6;1-5(2,3)4;1-3-4-2;;/h3-6H,1-2H3;1-6H3;1-4H3;3-4H,1-2H3;2*1H4/b;;;4-3-;;. The van der Waals surface area contributed by atoms with Gasteiger partial charge in [-0.15, -0.1) is 0 Å². The van der Waals surface area contributed by atoms with Crippen molar-refractivity contribution in [3.63, 3.8) is 0 Å². The number of benzene rings is 1. The minimum Gasteiger partial charge on any atom is -0.0919 e. The van der Waals surface area contributed by atoms with Crippen LogP contribution >= 0.6 is 0 Å². The first kappa shape index (κ1) is 36.8. The lowest BCUT2D eigenvalue weighted by molar-refractivity contribution is 0.157. The molecule has 0 aliphatic rings. The first-order valence-corrected chi connectivity index (χ1v) is 9.57. The summed E-state index contributed by atoms with van der Waals surface area (Å²) in [6, 6.07) is 8.36. The fraction of sp³-hybridized carbons (Fsp3) is 0.704. The molecule has 0 aliphatic carbocycles. The zero-order valence-corrected chi connectivity index (χ0v) is 20.0. The Labute approximate surface area is 175 Å². The molecule has 0 amide bonds. The van der Waals surface area contributed by atoms with Crippen LogP contribution in [0.5, 0.6) is 0 Å². The molecular weight excluding hydrogens is 324 g/mol. The third kappa shape index (κ3) is 33.0. The molecule has 0 nitrogen and oxygen atoms in total. The molecule has 1 rings (SSSR count). The van der Waals surface area contributed by atoms with Crippen LogP contribution in [0.3, 0.4) is 0 Å². The zero-order chi connectivity index (χ0) is 20.9. The molecule has 0 radical (unpaired) electrons. The Morgan fingerprint density at radius 3 is 0.815 bits per heavy atom. The third-order valence-corrected chi connectivity index (χ3v) is 4.01. The van der Waals surface area contributed by atoms with E-state index in [1.165, 1.54) is 11.1 Å². The molecule has 0 aliphatic heterocycles. The molecule has 0 N–H and O–H groups in total. The van der Waals surface area contributed by atoms with Crippen molar-refractivity contribution in [2.75, 3.05) is 0 Å². The molecular formula is C27H56. The first-order chi connectivity index (χ1) is 11.0. The second kappa shape index (κ2) is 17.1. The predicted molar refractivity (Wildman–Crippen MR) is 134 cm³/mol. The summed E-state index contributed by atoms with van der Waals surface area (Å²) < 4.78 is 0. The van der Waals surface area contributed by atoms with Crippen molar-refractivity contribution in [2.24, 2.45) is 16.2 Å². The van der Waals surface area contributed by atoms with E-state index in [1.807, 2.05) is 26.0 Å². The molecule has 0 saturated carbocycles. The summed E-state index contributed by atoms with van der Waals surface area (Å²) in [5.74, 6) is 0. The van der Waals surface area contributed by atoms with Crippen LogP contribution in [0.4, 0.5) is 0 Å². The summed E-state index contributed by atoms with van der Waals surface area (Å²) >= 11 is 0. The molecule has 0 heteroatoms. The molecule has 0 aromatic heterocycles. The molecule has 0 heterocycles. The Kier molecular flexibility index (Phi) is 23.3. The van der Waals surface area contributed by atoms with Gasteiger partial charge in [-0.25, -0.2) is 0 Å². The first-order valence-electron chi connectivity index (χ1n) is 9.57. The van der Waals surface area contributed by atoms with Gasteiger partial charge in [0.2, 0.25) is 0 Å². The summed E-state index contributed by atoms with van der Waals surface area (Å²) in [5, 5.41) is 0. The van der Waals surface area contributed by atoms with Gasteiger partial charge in [0, 0.05) is 0 Å². The largest absolute Gasteiger partial charge is 0.0919 e. The summed E-state index contributed by atoms with van der Waals surface area (Å²) in [5.41, 5.74) is 4.11. The number of hydrogen-bond acceptors (Lipinski definition) is 0. The Hall–Kier alpha value is -1.04. The van der Waals surface area contributed by atoms with Crippen molar-refractivity contribution in [3.05, 3.63) is 47.5 Å². The van der Waals surface area contributed by atoms with Crippen LogP contribution < -0.4 is 0 Å². The lowest BCUT2D eigenvalue weighted by atomic mass is 9.71. The monoisotopic (exact) mass is 380 g/mol. The molecule has 0 unspecified atom stereocenters. The van der Waals surface area contributed by atoms with E-state index in [2.05, 4.69) is 107 Å². The van der Waals surface area contributed by atoms with E-state index in [1.54, 1.807) is 0 Å². The molecule has 0 saturated heterocycles. The highest BCUT2D eigenvalue weighted by atomic mass is 14.3. The minimum absolute atomic E-state index is 0. The van der Waals surface area contributed by atoms with Gasteiger partial charge in [0.1, 0.15) is 0 Å². The molecule has 1 aromatic carbocycles. The fourth-order valence-electron chi connectivity index (χ4n) is 0.663. The second-order valence-electron chi connectivity index (χ2n) is 10.3. The normalized spacial score (nSPS) is 10.6. The summed E-state index contributed by atoms with van der Waals surface area (Å²) in [4.78, 5) is 0. The van der Waals surface area contributed by atoms with Crippen molar-refractivity contribution in [2.45, 2.75) is 112 Å². The van der Waals surface area contributed by atoms with Gasteiger partial charge in [-0.05, 0) is 55.1 Å². The van der Waals surface area contributed by atoms with Crippen molar-refractivity contribution in [3.8, 4) is 0 Å². The van der Waals surface area contributed by atoms with Crippen LogP contribution in [0.25, 0.3) is 0 Å². The number of aryl methyl sites for hydroxylation is 2. The summed E-state index contributed by atoms with van der Waals surface area (Å²) in [6.07, 6.45) is 4.00. The fourth-order valence-corrected chi connectivity index (χ4v) is 0.663. The van der Waals surface area contributed by atoms with E-state index >= 15 is 0 Å². The Morgan fingerprint density at radius 2 is 0.741 bits per heavy atom. The molecule has 0 atom stereocenters. The van der Waals surface area contributed by atoms with Gasteiger partial charge in [0.25, 0.3) is 0 Å². The van der Waals surface area contributed by atoms with Gasteiger partial charge in [0.15, 0.2) is 0 Å². The highest BCUT2D eigenvalue weighted by Crippen LogP contribution is 2.36. The van der Waals surface area contributed by atoms with Crippen LogP contribution in [0.2, 0.25) is 0 Å². The van der Waals surface area contributed by atoms with E-state index < -0.39 is 0 Å². The zero-order valence-electron chi connectivity index (χ0n) is 20.0. The maximum absolute atomic E-state index is 2.27. The average Bonchev–Trinajstić information content (AvgIpc) is 2.39. The van der Waals surface area contributed by atoms with Crippen LogP contribution in [0.1, 0.15) is 109 Å². The van der Waals surface area contributed by atoms with Gasteiger partial charge < -0.3 is 0 Å². The smallest absolute Gasteiger partial charge is 0.0334 e. The minimum atomic E-state index is 0. The average molecular weight is 381 g/mol. The van der Waals surface area contributed by atoms with Gasteiger partial charge >= 0.3 is 0 Å². The molecule has 0 spiro atoms. The van der Waals surface area contributed by atoms with E-state index in [-0.39, 0.29) is 14.9 Å². The number of rotatable bonds is 0. The van der Waals surface area contributed by atoms with Crippen LogP contribution in [0.15, 0.2) is 36.4 Å². The van der Waals surface area contributed by atoms with Crippen molar-refractivity contribution >= 4 is 0 Å². The SMILES string of the molecule is C.C.C/C=C\C.CC(C)(C)C.CC(C)(C)C(C)(C)C.Cc1ccccc1C. The molecule has 0 fully saturated rings. The Balaban J connectivity index is -0.0000000808. The number of hydrogen-bond donors (Lipinski definition) is 0. The van der Waals surface area contributed by atoms with E-state index in [0.717, 1.165) is 0 Å². The highest BCUT2D eigenvalue weighted by Gasteiger charge is 2.26. The molecule has 164 valence electrons. The maximum atomic E-state index is 2.27. The lowest BCUT2D eigenvalue weighted by Gasteiger charge is -2.34. The lowest BCUT2D eigenvalue weighted by Crippen LogP contribution is -2.25. The Morgan fingerprint density at radius 1 is 0.556 bits per heavy atom. The summed E-state index contributed by atoms with van der Waals surface area (Å²) in [6.45, 7) is 30.6. The second-order valence-corrected chi connectivity index (χ2v) is 10.3. The topological polar surface area (TPSA) is 0 Å². The number of allylic oxidation sites excluding steroid dienone is 2. The molecule has 0 bridgehead atoms. The molecule has 27 heavy (non-hydrogen) atoms. The van der Waals surface area contributed by atoms with Crippen molar-refractivity contribution in [1.82, 2.24) is 0 Å². The molecule has 1 aromatic rings. The third-order valence-electron chi connectivity index (χ3n) is 4.01. The highest BCUT2D eigenvalue weighted by molar-refractivity contribution is 5.23. The van der Waals surface area contributed by atoms with E-state index in [4.69, 9.17) is 0 Å².